The molecule has 1 heterocycles. The lowest BCUT2D eigenvalue weighted by molar-refractivity contribution is -0.149. The van der Waals surface area contributed by atoms with Crippen LogP contribution in [0.25, 0.3) is 0 Å². The van der Waals surface area contributed by atoms with Gasteiger partial charge in [-0.3, -0.25) is 20.2 Å². The van der Waals surface area contributed by atoms with Gasteiger partial charge in [0.2, 0.25) is 5.91 Å². The molecule has 2 rings (SSSR count). The van der Waals surface area contributed by atoms with Crippen molar-refractivity contribution in [2.75, 3.05) is 11.9 Å². The van der Waals surface area contributed by atoms with Crippen molar-refractivity contribution in [2.24, 2.45) is 0 Å². The molecule has 1 aliphatic heterocycles. The molecule has 3 N–H and O–H groups in total. The van der Waals surface area contributed by atoms with E-state index in [1.165, 1.54) is 0 Å². The minimum atomic E-state index is -0.707. The Morgan fingerprint density at radius 1 is 1.12 bits per heavy atom. The standard InChI is InChI=1S/C18H27N3O3/c1-6-24-18(23)16-15(19-12(4)13(5)20-16)17(22)21-14-9-10(2)7-8-11(14)3/h7-9,12-13,15-16,19-20H,6H2,1-5H3,(H,21,22). The number of nitrogens with one attached hydrogen (secondary N) is 3. The van der Waals surface area contributed by atoms with Gasteiger partial charge in [-0.15, -0.1) is 0 Å². The molecule has 1 aromatic rings. The van der Waals surface area contributed by atoms with Gasteiger partial charge in [0.15, 0.2) is 0 Å². The average molecular weight is 333 g/mol. The molecule has 0 aliphatic carbocycles. The van der Waals surface area contributed by atoms with Crippen molar-refractivity contribution in [3.05, 3.63) is 29.3 Å². The van der Waals surface area contributed by atoms with E-state index in [1.54, 1.807) is 6.92 Å². The van der Waals surface area contributed by atoms with E-state index >= 15 is 0 Å². The normalized spacial score (nSPS) is 26.7. The molecule has 1 saturated heterocycles. The molecular formula is C18H27N3O3. The zero-order valence-electron chi connectivity index (χ0n) is 15.0. The number of amides is 1. The van der Waals surface area contributed by atoms with Crippen LogP contribution < -0.4 is 16.0 Å². The van der Waals surface area contributed by atoms with Crippen LogP contribution in [0.2, 0.25) is 0 Å². The highest BCUT2D eigenvalue weighted by Crippen LogP contribution is 2.18. The van der Waals surface area contributed by atoms with E-state index in [2.05, 4.69) is 16.0 Å². The molecule has 0 radical (unpaired) electrons. The second kappa shape index (κ2) is 7.77. The molecule has 6 heteroatoms. The van der Waals surface area contributed by atoms with Gasteiger partial charge < -0.3 is 10.1 Å². The number of hydrogen-bond acceptors (Lipinski definition) is 5. The fourth-order valence-electron chi connectivity index (χ4n) is 2.79. The van der Waals surface area contributed by atoms with Gasteiger partial charge >= 0.3 is 5.97 Å². The van der Waals surface area contributed by atoms with Crippen LogP contribution in [-0.4, -0.2) is 42.7 Å². The monoisotopic (exact) mass is 333 g/mol. The van der Waals surface area contributed by atoms with Crippen molar-refractivity contribution >= 4 is 17.6 Å². The molecule has 0 spiro atoms. The molecule has 0 bridgehead atoms. The smallest absolute Gasteiger partial charge is 0.325 e. The summed E-state index contributed by atoms with van der Waals surface area (Å²) in [5, 5.41) is 9.36. The first kappa shape index (κ1) is 18.4. The molecule has 0 saturated carbocycles. The molecule has 1 aromatic carbocycles. The third-order valence-electron chi connectivity index (χ3n) is 4.44. The molecule has 1 fully saturated rings. The van der Waals surface area contributed by atoms with Crippen LogP contribution in [-0.2, 0) is 14.3 Å². The number of ether oxygens (including phenoxy) is 1. The van der Waals surface area contributed by atoms with Gasteiger partial charge in [-0.1, -0.05) is 12.1 Å². The Kier molecular flexibility index (Phi) is 5.96. The van der Waals surface area contributed by atoms with Crippen molar-refractivity contribution in [2.45, 2.75) is 58.8 Å². The van der Waals surface area contributed by atoms with Gasteiger partial charge in [-0.05, 0) is 51.8 Å². The quantitative estimate of drug-likeness (QED) is 0.728. The zero-order chi connectivity index (χ0) is 17.9. The third kappa shape index (κ3) is 4.13. The molecule has 4 unspecified atom stereocenters. The summed E-state index contributed by atoms with van der Waals surface area (Å²) in [4.78, 5) is 25.0. The predicted molar refractivity (Wildman–Crippen MR) is 94.0 cm³/mol. The number of rotatable bonds is 4. The van der Waals surface area contributed by atoms with Crippen molar-refractivity contribution in [1.29, 1.82) is 0 Å². The minimum absolute atomic E-state index is 0.0594. The molecular weight excluding hydrogens is 306 g/mol. The van der Waals surface area contributed by atoms with E-state index in [9.17, 15) is 9.59 Å². The van der Waals surface area contributed by atoms with Gasteiger partial charge in [-0.25, -0.2) is 0 Å². The van der Waals surface area contributed by atoms with Crippen LogP contribution in [0.4, 0.5) is 5.69 Å². The summed E-state index contributed by atoms with van der Waals surface area (Å²) in [6, 6.07) is 4.61. The highest BCUT2D eigenvalue weighted by atomic mass is 16.5. The number of hydrogen-bond donors (Lipinski definition) is 3. The summed E-state index contributed by atoms with van der Waals surface area (Å²) >= 11 is 0. The topological polar surface area (TPSA) is 79.5 Å². The molecule has 1 aliphatic rings. The van der Waals surface area contributed by atoms with Gasteiger partial charge in [-0.2, -0.15) is 0 Å². The van der Waals surface area contributed by atoms with Crippen molar-refractivity contribution in [3.63, 3.8) is 0 Å². The second-order valence-corrected chi connectivity index (χ2v) is 6.43. The Bertz CT molecular complexity index is 618. The van der Waals surface area contributed by atoms with Crippen molar-refractivity contribution < 1.29 is 14.3 Å². The molecule has 4 atom stereocenters. The lowest BCUT2D eigenvalue weighted by atomic mass is 9.97. The van der Waals surface area contributed by atoms with Crippen molar-refractivity contribution in [1.82, 2.24) is 10.6 Å². The van der Waals surface area contributed by atoms with E-state index < -0.39 is 18.1 Å². The first-order valence-corrected chi connectivity index (χ1v) is 8.40. The van der Waals surface area contributed by atoms with Crippen LogP contribution >= 0.6 is 0 Å². The maximum Gasteiger partial charge on any atom is 0.325 e. The Labute approximate surface area is 143 Å². The maximum absolute atomic E-state index is 12.8. The number of carbonyl (C=O) groups is 2. The second-order valence-electron chi connectivity index (χ2n) is 6.43. The number of esters is 1. The van der Waals surface area contributed by atoms with Gasteiger partial charge in [0.05, 0.1) is 6.61 Å². The number of anilines is 1. The van der Waals surface area contributed by atoms with Gasteiger partial charge in [0, 0.05) is 17.8 Å². The molecule has 24 heavy (non-hydrogen) atoms. The Hall–Kier alpha value is -1.92. The van der Waals surface area contributed by atoms with Crippen LogP contribution in [0.3, 0.4) is 0 Å². The summed E-state index contributed by atoms with van der Waals surface area (Å²) in [5.41, 5.74) is 2.80. The van der Waals surface area contributed by atoms with Crippen LogP contribution in [0.1, 0.15) is 31.9 Å². The number of carbonyl (C=O) groups excluding carboxylic acids is 2. The zero-order valence-corrected chi connectivity index (χ0v) is 15.0. The molecule has 0 aromatic heterocycles. The van der Waals surface area contributed by atoms with Crippen LogP contribution in [0, 0.1) is 13.8 Å². The Morgan fingerprint density at radius 2 is 1.75 bits per heavy atom. The summed E-state index contributed by atoms with van der Waals surface area (Å²) in [7, 11) is 0. The van der Waals surface area contributed by atoms with E-state index in [-0.39, 0.29) is 24.6 Å². The van der Waals surface area contributed by atoms with E-state index in [4.69, 9.17) is 4.74 Å². The molecule has 1 amide bonds. The first-order valence-electron chi connectivity index (χ1n) is 8.40. The third-order valence-corrected chi connectivity index (χ3v) is 4.44. The van der Waals surface area contributed by atoms with Crippen LogP contribution in [0.15, 0.2) is 18.2 Å². The fourth-order valence-corrected chi connectivity index (χ4v) is 2.79. The molecule has 132 valence electrons. The van der Waals surface area contributed by atoms with E-state index in [1.807, 2.05) is 45.9 Å². The van der Waals surface area contributed by atoms with Gasteiger partial charge in [0.25, 0.3) is 0 Å². The highest BCUT2D eigenvalue weighted by Gasteiger charge is 2.41. The Balaban J connectivity index is 2.19. The summed E-state index contributed by atoms with van der Waals surface area (Å²) in [6.07, 6.45) is 0. The van der Waals surface area contributed by atoms with E-state index in [0.717, 1.165) is 16.8 Å². The largest absolute Gasteiger partial charge is 0.465 e. The maximum atomic E-state index is 12.8. The SMILES string of the molecule is CCOC(=O)C1NC(C)C(C)NC1C(=O)Nc1cc(C)ccc1C. The summed E-state index contributed by atoms with van der Waals surface area (Å²) in [5.74, 6) is -0.655. The number of benzene rings is 1. The minimum Gasteiger partial charge on any atom is -0.465 e. The highest BCUT2D eigenvalue weighted by molar-refractivity contribution is 5.99. The lowest BCUT2D eigenvalue weighted by Gasteiger charge is -2.39. The van der Waals surface area contributed by atoms with Crippen molar-refractivity contribution in [3.8, 4) is 0 Å². The average Bonchev–Trinajstić information content (AvgIpc) is 2.53. The fraction of sp³-hybridized carbons (Fsp3) is 0.556. The predicted octanol–water partition coefficient (Wildman–Crippen LogP) is 1.51. The first-order chi connectivity index (χ1) is 11.3. The Morgan fingerprint density at radius 3 is 2.38 bits per heavy atom. The number of aryl methyl sites for hydroxylation is 2. The number of piperazine rings is 1. The van der Waals surface area contributed by atoms with E-state index in [0.29, 0.717) is 0 Å². The molecule has 6 nitrogen and oxygen atoms in total. The summed E-state index contributed by atoms with van der Waals surface area (Å²) in [6.45, 7) is 9.91. The summed E-state index contributed by atoms with van der Waals surface area (Å²) < 4.78 is 5.12. The van der Waals surface area contributed by atoms with Crippen LogP contribution in [0.5, 0.6) is 0 Å². The van der Waals surface area contributed by atoms with Gasteiger partial charge in [0.1, 0.15) is 12.1 Å². The lowest BCUT2D eigenvalue weighted by Crippen LogP contribution is -2.69.